The number of nitrogens with one attached hydrogen (secondary N) is 2. The predicted octanol–water partition coefficient (Wildman–Crippen LogP) is 2.71. The molecule has 3 amide bonds. The SMILES string of the molecule is Cc1ccc(NC(=O)c2cccc(OCC(N)=O)c2)cc1NC(=O)C(C)C. The Morgan fingerprint density at radius 2 is 1.81 bits per heavy atom. The average Bonchev–Trinajstić information content (AvgIpc) is 2.62. The van der Waals surface area contributed by atoms with E-state index in [1.54, 1.807) is 30.3 Å². The van der Waals surface area contributed by atoms with Crippen LogP contribution in [0.2, 0.25) is 0 Å². The van der Waals surface area contributed by atoms with E-state index < -0.39 is 5.91 Å². The molecule has 0 saturated heterocycles. The maximum Gasteiger partial charge on any atom is 0.255 e. The molecule has 0 radical (unpaired) electrons. The molecule has 7 nitrogen and oxygen atoms in total. The molecule has 0 aliphatic carbocycles. The van der Waals surface area contributed by atoms with Gasteiger partial charge in [-0.3, -0.25) is 14.4 Å². The van der Waals surface area contributed by atoms with E-state index in [1.165, 1.54) is 6.07 Å². The number of aryl methyl sites for hydroxylation is 1. The normalized spacial score (nSPS) is 10.4. The van der Waals surface area contributed by atoms with Crippen LogP contribution in [0.5, 0.6) is 5.75 Å². The first-order valence-electron chi connectivity index (χ1n) is 8.50. The highest BCUT2D eigenvalue weighted by molar-refractivity contribution is 6.05. The second-order valence-corrected chi connectivity index (χ2v) is 6.41. The largest absolute Gasteiger partial charge is 0.484 e. The number of carbonyl (C=O) groups is 3. The van der Waals surface area contributed by atoms with Crippen molar-refractivity contribution in [3.63, 3.8) is 0 Å². The quantitative estimate of drug-likeness (QED) is 0.697. The molecule has 2 rings (SSSR count). The van der Waals surface area contributed by atoms with Crippen LogP contribution >= 0.6 is 0 Å². The highest BCUT2D eigenvalue weighted by Crippen LogP contribution is 2.22. The minimum atomic E-state index is -0.597. The second-order valence-electron chi connectivity index (χ2n) is 6.41. The fourth-order valence-corrected chi connectivity index (χ4v) is 2.20. The third-order valence-electron chi connectivity index (χ3n) is 3.76. The summed E-state index contributed by atoms with van der Waals surface area (Å²) < 4.78 is 5.21. The third-order valence-corrected chi connectivity index (χ3v) is 3.76. The Morgan fingerprint density at radius 3 is 2.48 bits per heavy atom. The van der Waals surface area contributed by atoms with Crippen LogP contribution in [0.4, 0.5) is 11.4 Å². The molecule has 142 valence electrons. The highest BCUT2D eigenvalue weighted by atomic mass is 16.5. The Kier molecular flexibility index (Phi) is 6.54. The number of rotatable bonds is 7. The zero-order valence-corrected chi connectivity index (χ0v) is 15.5. The smallest absolute Gasteiger partial charge is 0.255 e. The van der Waals surface area contributed by atoms with E-state index in [9.17, 15) is 14.4 Å². The van der Waals surface area contributed by atoms with Crippen molar-refractivity contribution in [2.45, 2.75) is 20.8 Å². The zero-order valence-electron chi connectivity index (χ0n) is 15.5. The molecular formula is C20H23N3O4. The van der Waals surface area contributed by atoms with Gasteiger partial charge < -0.3 is 21.1 Å². The molecule has 0 unspecified atom stereocenters. The molecule has 0 aliphatic heterocycles. The standard InChI is InChI=1S/C20H23N3O4/c1-12(2)19(25)23-17-10-15(8-7-13(17)3)22-20(26)14-5-4-6-16(9-14)27-11-18(21)24/h4-10,12H,11H2,1-3H3,(H2,21,24)(H,22,26)(H,23,25). The number of amides is 3. The lowest BCUT2D eigenvalue weighted by Crippen LogP contribution is -2.20. The summed E-state index contributed by atoms with van der Waals surface area (Å²) in [6.45, 7) is 5.23. The number of nitrogens with two attached hydrogens (primary N) is 1. The lowest BCUT2D eigenvalue weighted by molar-refractivity contribution is -0.120. The van der Waals surface area contributed by atoms with Crippen LogP contribution in [0.15, 0.2) is 42.5 Å². The van der Waals surface area contributed by atoms with Crippen LogP contribution in [0.3, 0.4) is 0 Å². The molecule has 0 bridgehead atoms. The van der Waals surface area contributed by atoms with Gasteiger partial charge in [0.25, 0.3) is 11.8 Å². The van der Waals surface area contributed by atoms with Crippen LogP contribution in [0.25, 0.3) is 0 Å². The molecule has 0 heterocycles. The van der Waals surface area contributed by atoms with Gasteiger partial charge in [0.1, 0.15) is 5.75 Å². The van der Waals surface area contributed by atoms with Gasteiger partial charge in [-0.25, -0.2) is 0 Å². The summed E-state index contributed by atoms with van der Waals surface area (Å²) in [4.78, 5) is 35.2. The molecule has 2 aromatic rings. The Bertz CT molecular complexity index is 862. The van der Waals surface area contributed by atoms with E-state index in [4.69, 9.17) is 10.5 Å². The Morgan fingerprint density at radius 1 is 1.07 bits per heavy atom. The number of benzene rings is 2. The van der Waals surface area contributed by atoms with E-state index in [-0.39, 0.29) is 24.3 Å². The molecule has 4 N–H and O–H groups in total. The van der Waals surface area contributed by atoms with Crippen LogP contribution in [0.1, 0.15) is 29.8 Å². The summed E-state index contributed by atoms with van der Waals surface area (Å²) in [7, 11) is 0. The minimum absolute atomic E-state index is 0.0964. The van der Waals surface area contributed by atoms with Crippen molar-refractivity contribution in [2.75, 3.05) is 17.2 Å². The monoisotopic (exact) mass is 369 g/mol. The summed E-state index contributed by atoms with van der Waals surface area (Å²) in [6, 6.07) is 11.7. The number of hydrogen-bond acceptors (Lipinski definition) is 4. The minimum Gasteiger partial charge on any atom is -0.484 e. The Labute approximate surface area is 157 Å². The third kappa shape index (κ3) is 5.85. The van der Waals surface area contributed by atoms with Crippen LogP contribution in [0, 0.1) is 12.8 Å². The summed E-state index contributed by atoms with van der Waals surface area (Å²) in [5, 5.41) is 5.63. The molecule has 0 saturated carbocycles. The average molecular weight is 369 g/mol. The van der Waals surface area contributed by atoms with Gasteiger partial charge in [-0.15, -0.1) is 0 Å². The van der Waals surface area contributed by atoms with Gasteiger partial charge in [-0.05, 0) is 42.8 Å². The van der Waals surface area contributed by atoms with Crippen molar-refractivity contribution in [1.29, 1.82) is 0 Å². The first kappa shape index (κ1) is 20.0. The summed E-state index contributed by atoms with van der Waals surface area (Å²) in [5.41, 5.74) is 7.50. The summed E-state index contributed by atoms with van der Waals surface area (Å²) in [6.07, 6.45) is 0. The molecular weight excluding hydrogens is 346 g/mol. The van der Waals surface area contributed by atoms with Gasteiger partial charge >= 0.3 is 0 Å². The maximum absolute atomic E-state index is 12.5. The topological polar surface area (TPSA) is 111 Å². The molecule has 0 fully saturated rings. The van der Waals surface area contributed by atoms with E-state index in [0.717, 1.165) is 5.56 Å². The van der Waals surface area contributed by atoms with Gasteiger partial charge in [0.2, 0.25) is 5.91 Å². The van der Waals surface area contributed by atoms with E-state index in [0.29, 0.717) is 22.7 Å². The number of carbonyl (C=O) groups excluding carboxylic acids is 3. The maximum atomic E-state index is 12.5. The molecule has 0 aromatic heterocycles. The fourth-order valence-electron chi connectivity index (χ4n) is 2.20. The zero-order chi connectivity index (χ0) is 20.0. The van der Waals surface area contributed by atoms with Crippen molar-refractivity contribution in [3.8, 4) is 5.75 Å². The Balaban J connectivity index is 2.12. The fraction of sp³-hybridized carbons (Fsp3) is 0.250. The molecule has 0 spiro atoms. The van der Waals surface area contributed by atoms with Gasteiger partial charge in [0.15, 0.2) is 6.61 Å². The highest BCUT2D eigenvalue weighted by Gasteiger charge is 2.12. The van der Waals surface area contributed by atoms with Gasteiger partial charge in [-0.1, -0.05) is 26.0 Å². The predicted molar refractivity (Wildman–Crippen MR) is 104 cm³/mol. The number of hydrogen-bond donors (Lipinski definition) is 3. The molecule has 27 heavy (non-hydrogen) atoms. The van der Waals surface area contributed by atoms with E-state index >= 15 is 0 Å². The van der Waals surface area contributed by atoms with Crippen LogP contribution in [-0.4, -0.2) is 24.3 Å². The van der Waals surface area contributed by atoms with Crippen LogP contribution in [-0.2, 0) is 9.59 Å². The molecule has 2 aromatic carbocycles. The second kappa shape index (κ2) is 8.84. The number of anilines is 2. The lowest BCUT2D eigenvalue weighted by atomic mass is 10.1. The van der Waals surface area contributed by atoms with Gasteiger partial charge in [-0.2, -0.15) is 0 Å². The number of ether oxygens (including phenoxy) is 1. The summed E-state index contributed by atoms with van der Waals surface area (Å²) in [5.74, 6) is -0.813. The molecule has 0 atom stereocenters. The van der Waals surface area contributed by atoms with Crippen molar-refractivity contribution in [1.82, 2.24) is 0 Å². The lowest BCUT2D eigenvalue weighted by Gasteiger charge is -2.13. The first-order chi connectivity index (χ1) is 12.8. The van der Waals surface area contributed by atoms with Crippen molar-refractivity contribution < 1.29 is 19.1 Å². The van der Waals surface area contributed by atoms with Crippen molar-refractivity contribution in [2.24, 2.45) is 11.7 Å². The molecule has 7 heteroatoms. The van der Waals surface area contributed by atoms with Gasteiger partial charge in [0.05, 0.1) is 0 Å². The Hall–Kier alpha value is -3.35. The number of primary amides is 1. The molecule has 0 aliphatic rings. The first-order valence-corrected chi connectivity index (χ1v) is 8.50. The van der Waals surface area contributed by atoms with Crippen molar-refractivity contribution >= 4 is 29.1 Å². The van der Waals surface area contributed by atoms with Crippen LogP contribution < -0.4 is 21.1 Å². The van der Waals surface area contributed by atoms with Gasteiger partial charge in [0, 0.05) is 22.9 Å². The summed E-state index contributed by atoms with van der Waals surface area (Å²) >= 11 is 0. The van der Waals surface area contributed by atoms with E-state index in [1.807, 2.05) is 26.8 Å². The van der Waals surface area contributed by atoms with E-state index in [2.05, 4.69) is 10.6 Å². The van der Waals surface area contributed by atoms with Crippen molar-refractivity contribution in [3.05, 3.63) is 53.6 Å².